The Kier molecular flexibility index (Phi) is 4.84. The number of rotatable bonds is 6. The van der Waals surface area contributed by atoms with Gasteiger partial charge in [0.1, 0.15) is 0 Å². The molecule has 0 saturated heterocycles. The number of pyridine rings is 3. The van der Waals surface area contributed by atoms with Gasteiger partial charge in [0.2, 0.25) is 0 Å². The second-order valence-electron chi connectivity index (χ2n) is 5.15. The van der Waals surface area contributed by atoms with Gasteiger partial charge in [-0.05, 0) is 42.8 Å². The Morgan fingerprint density at radius 1 is 0.739 bits per heavy atom. The molecule has 23 heavy (non-hydrogen) atoms. The molecule has 3 rings (SSSR count). The average molecular weight is 321 g/mol. The summed E-state index contributed by atoms with van der Waals surface area (Å²) in [5, 5.41) is 0. The average Bonchev–Trinajstić information content (AvgIpc) is 2.65. The maximum atomic E-state index is 11.2. The SMILES string of the molecule is O=PCCC(c1ccccn1)(c1ccccn1)c1ccccn1. The minimum Gasteiger partial charge on any atom is -0.275 e. The second-order valence-corrected chi connectivity index (χ2v) is 5.86. The third-order valence-electron chi connectivity index (χ3n) is 3.88. The Bertz CT molecular complexity index is 654. The van der Waals surface area contributed by atoms with Crippen molar-refractivity contribution < 1.29 is 4.57 Å². The van der Waals surface area contributed by atoms with Crippen LogP contribution < -0.4 is 0 Å². The largest absolute Gasteiger partial charge is 0.275 e. The van der Waals surface area contributed by atoms with Gasteiger partial charge in [0.25, 0.3) is 0 Å². The molecule has 0 radical (unpaired) electrons. The predicted molar refractivity (Wildman–Crippen MR) is 89.7 cm³/mol. The molecule has 0 spiro atoms. The Labute approximate surface area is 136 Å². The quantitative estimate of drug-likeness (QED) is 0.646. The summed E-state index contributed by atoms with van der Waals surface area (Å²) in [4.78, 5) is 13.7. The van der Waals surface area contributed by atoms with Crippen molar-refractivity contribution in [1.29, 1.82) is 0 Å². The topological polar surface area (TPSA) is 55.7 Å². The Balaban J connectivity index is 2.27. The molecule has 0 aliphatic carbocycles. The highest BCUT2D eigenvalue weighted by atomic mass is 31.1. The number of hydrogen-bond donors (Lipinski definition) is 0. The molecule has 0 atom stereocenters. The highest BCUT2D eigenvalue weighted by Crippen LogP contribution is 2.39. The fraction of sp³-hybridized carbons (Fsp3) is 0.167. The molecule has 0 unspecified atom stereocenters. The van der Waals surface area contributed by atoms with Crippen LogP contribution in [0.5, 0.6) is 0 Å². The van der Waals surface area contributed by atoms with Crippen LogP contribution in [-0.2, 0) is 9.98 Å². The van der Waals surface area contributed by atoms with E-state index in [9.17, 15) is 4.57 Å². The van der Waals surface area contributed by atoms with Gasteiger partial charge >= 0.3 is 0 Å². The third-order valence-corrected chi connectivity index (χ3v) is 4.29. The predicted octanol–water partition coefficient (Wildman–Crippen LogP) is 3.89. The summed E-state index contributed by atoms with van der Waals surface area (Å²) in [6.07, 6.45) is 6.42. The number of nitrogens with zero attached hydrogens (tertiary/aromatic N) is 3. The van der Waals surface area contributed by atoms with E-state index in [-0.39, 0.29) is 8.46 Å². The van der Waals surface area contributed by atoms with Gasteiger partial charge in [0.15, 0.2) is 8.46 Å². The molecule has 0 aliphatic rings. The lowest BCUT2D eigenvalue weighted by Gasteiger charge is -2.32. The molecule has 4 nitrogen and oxygen atoms in total. The van der Waals surface area contributed by atoms with Crippen LogP contribution in [0.25, 0.3) is 0 Å². The zero-order valence-electron chi connectivity index (χ0n) is 12.5. The molecule has 0 saturated carbocycles. The van der Waals surface area contributed by atoms with E-state index in [1.165, 1.54) is 0 Å². The van der Waals surface area contributed by atoms with E-state index >= 15 is 0 Å². The zero-order valence-corrected chi connectivity index (χ0v) is 13.4. The molecule has 3 aromatic rings. The van der Waals surface area contributed by atoms with Crippen molar-refractivity contribution in [2.24, 2.45) is 0 Å². The minimum atomic E-state index is -0.610. The first kappa shape index (κ1) is 15.4. The third kappa shape index (κ3) is 3.03. The normalized spacial score (nSPS) is 11.5. The molecule has 0 N–H and O–H groups in total. The van der Waals surface area contributed by atoms with Gasteiger partial charge in [-0.3, -0.25) is 19.5 Å². The highest BCUT2D eigenvalue weighted by Gasteiger charge is 2.39. The first-order valence-corrected chi connectivity index (χ1v) is 8.41. The summed E-state index contributed by atoms with van der Waals surface area (Å²) >= 11 is 0. The smallest absolute Gasteiger partial charge is 0.155 e. The van der Waals surface area contributed by atoms with Crippen LogP contribution in [0.4, 0.5) is 0 Å². The Morgan fingerprint density at radius 3 is 1.48 bits per heavy atom. The molecule has 114 valence electrons. The van der Waals surface area contributed by atoms with Crippen LogP contribution in [0.3, 0.4) is 0 Å². The first-order valence-electron chi connectivity index (χ1n) is 7.41. The van der Waals surface area contributed by atoms with Gasteiger partial charge in [0, 0.05) is 24.8 Å². The van der Waals surface area contributed by atoms with E-state index in [1.54, 1.807) is 18.6 Å². The fourth-order valence-corrected chi connectivity index (χ4v) is 3.26. The molecule has 3 aromatic heterocycles. The van der Waals surface area contributed by atoms with Gasteiger partial charge in [-0.1, -0.05) is 18.2 Å². The van der Waals surface area contributed by atoms with Crippen molar-refractivity contribution in [2.75, 3.05) is 6.16 Å². The van der Waals surface area contributed by atoms with Crippen LogP contribution in [-0.4, -0.2) is 21.1 Å². The van der Waals surface area contributed by atoms with Crippen LogP contribution >= 0.6 is 8.46 Å². The number of hydrogen-bond acceptors (Lipinski definition) is 4. The van der Waals surface area contributed by atoms with Gasteiger partial charge < -0.3 is 0 Å². The Morgan fingerprint density at radius 2 is 1.17 bits per heavy atom. The van der Waals surface area contributed by atoms with E-state index < -0.39 is 5.41 Å². The summed E-state index contributed by atoms with van der Waals surface area (Å²) < 4.78 is 11.2. The van der Waals surface area contributed by atoms with E-state index in [1.807, 2.05) is 54.6 Å². The number of aromatic nitrogens is 3. The lowest BCUT2D eigenvalue weighted by atomic mass is 9.74. The van der Waals surface area contributed by atoms with Gasteiger partial charge in [0.05, 0.1) is 22.5 Å². The molecule has 0 bridgehead atoms. The molecular formula is C18H16N3OP. The summed E-state index contributed by atoms with van der Waals surface area (Å²) in [5.74, 6) is 0. The van der Waals surface area contributed by atoms with Crippen LogP contribution in [0.15, 0.2) is 73.2 Å². The van der Waals surface area contributed by atoms with Gasteiger partial charge in [-0.2, -0.15) is 0 Å². The molecule has 0 amide bonds. The second kappa shape index (κ2) is 7.21. The van der Waals surface area contributed by atoms with Crippen molar-refractivity contribution in [2.45, 2.75) is 11.8 Å². The molecule has 0 aromatic carbocycles. The lowest BCUT2D eigenvalue weighted by molar-refractivity contribution is 0.537. The maximum absolute atomic E-state index is 11.2. The molecular weight excluding hydrogens is 305 g/mol. The van der Waals surface area contributed by atoms with Crippen molar-refractivity contribution in [3.63, 3.8) is 0 Å². The van der Waals surface area contributed by atoms with Gasteiger partial charge in [-0.25, -0.2) is 0 Å². The van der Waals surface area contributed by atoms with E-state index in [0.717, 1.165) is 17.1 Å². The highest BCUT2D eigenvalue weighted by molar-refractivity contribution is 7.23. The maximum Gasteiger partial charge on any atom is 0.155 e. The fourth-order valence-electron chi connectivity index (χ4n) is 2.84. The summed E-state index contributed by atoms with van der Waals surface area (Å²) in [6.45, 7) is 0. The molecule has 5 heteroatoms. The molecule has 3 heterocycles. The van der Waals surface area contributed by atoms with Crippen LogP contribution in [0.2, 0.25) is 0 Å². The van der Waals surface area contributed by atoms with Gasteiger partial charge in [-0.15, -0.1) is 0 Å². The molecule has 0 aliphatic heterocycles. The van der Waals surface area contributed by atoms with E-state index in [4.69, 9.17) is 0 Å². The standard InChI is InChI=1S/C18H16N3OP/c22-23-14-10-18(15-7-1-4-11-19-15,16-8-2-5-12-20-16)17-9-3-6-13-21-17/h1-9,11-13H,10,14H2. The Hall–Kier alpha value is -2.45. The summed E-state index contributed by atoms with van der Waals surface area (Å²) in [6, 6.07) is 17.5. The summed E-state index contributed by atoms with van der Waals surface area (Å²) in [5.41, 5.74) is 1.98. The zero-order chi connectivity index (χ0) is 16.0. The molecule has 0 fully saturated rings. The monoisotopic (exact) mass is 321 g/mol. The van der Waals surface area contributed by atoms with Crippen molar-refractivity contribution >= 4 is 8.46 Å². The van der Waals surface area contributed by atoms with Crippen molar-refractivity contribution in [3.05, 3.63) is 90.3 Å². The lowest BCUT2D eigenvalue weighted by Crippen LogP contribution is -2.33. The van der Waals surface area contributed by atoms with Crippen molar-refractivity contribution in [1.82, 2.24) is 15.0 Å². The van der Waals surface area contributed by atoms with E-state index in [2.05, 4.69) is 15.0 Å². The minimum absolute atomic E-state index is 0.106. The first-order chi connectivity index (χ1) is 11.4. The van der Waals surface area contributed by atoms with E-state index in [0.29, 0.717) is 12.6 Å². The van der Waals surface area contributed by atoms with Crippen molar-refractivity contribution in [3.8, 4) is 0 Å². The van der Waals surface area contributed by atoms with Crippen LogP contribution in [0.1, 0.15) is 23.5 Å². The summed E-state index contributed by atoms with van der Waals surface area (Å²) in [7, 11) is 0.106. The van der Waals surface area contributed by atoms with Crippen LogP contribution in [0, 0.1) is 0 Å².